The molecule has 4 heteroatoms. The molecule has 2 aromatic carbocycles. The SMILES string of the molecule is CC(C)c1ccc(CCCCNC2CCC(c3ccc4[nH]c(=O)oc4c3)CC2)cc1. The first-order valence-corrected chi connectivity index (χ1v) is 11.5. The molecule has 4 rings (SSSR count). The van der Waals surface area contributed by atoms with Gasteiger partial charge in [0.1, 0.15) is 0 Å². The largest absolute Gasteiger partial charge is 0.417 e. The van der Waals surface area contributed by atoms with Gasteiger partial charge in [-0.05, 0) is 92.1 Å². The van der Waals surface area contributed by atoms with Crippen LogP contribution in [0.1, 0.15) is 80.9 Å². The van der Waals surface area contributed by atoms with E-state index in [1.54, 1.807) is 0 Å². The number of oxazole rings is 1. The predicted octanol–water partition coefficient (Wildman–Crippen LogP) is 5.88. The first kappa shape index (κ1) is 20.9. The molecule has 0 atom stereocenters. The lowest BCUT2D eigenvalue weighted by atomic mass is 9.81. The summed E-state index contributed by atoms with van der Waals surface area (Å²) in [5.41, 5.74) is 5.64. The predicted molar refractivity (Wildman–Crippen MR) is 123 cm³/mol. The number of aromatic nitrogens is 1. The van der Waals surface area contributed by atoms with Gasteiger partial charge in [0, 0.05) is 6.04 Å². The van der Waals surface area contributed by atoms with Gasteiger partial charge in [-0.25, -0.2) is 4.79 Å². The molecule has 0 aliphatic heterocycles. The van der Waals surface area contributed by atoms with Crippen LogP contribution in [0.5, 0.6) is 0 Å². The number of unbranched alkanes of at least 4 members (excludes halogenated alkanes) is 1. The third kappa shape index (κ3) is 5.23. The molecule has 160 valence electrons. The van der Waals surface area contributed by atoms with Crippen molar-refractivity contribution >= 4 is 11.1 Å². The fraction of sp³-hybridized carbons (Fsp3) is 0.500. The van der Waals surface area contributed by atoms with E-state index in [0.29, 0.717) is 23.5 Å². The molecule has 3 aromatic rings. The van der Waals surface area contributed by atoms with Crippen LogP contribution in [0.2, 0.25) is 0 Å². The van der Waals surface area contributed by atoms with Gasteiger partial charge in [-0.3, -0.25) is 4.98 Å². The molecule has 1 aliphatic carbocycles. The summed E-state index contributed by atoms with van der Waals surface area (Å²) in [5.74, 6) is 0.805. The van der Waals surface area contributed by atoms with Crippen molar-refractivity contribution in [3.05, 3.63) is 69.7 Å². The first-order valence-electron chi connectivity index (χ1n) is 11.5. The Labute approximate surface area is 179 Å². The molecule has 0 spiro atoms. The monoisotopic (exact) mass is 406 g/mol. The fourth-order valence-electron chi connectivity index (χ4n) is 4.68. The second-order valence-corrected chi connectivity index (χ2v) is 9.13. The molecule has 1 heterocycles. The quantitative estimate of drug-likeness (QED) is 0.459. The van der Waals surface area contributed by atoms with E-state index < -0.39 is 0 Å². The van der Waals surface area contributed by atoms with Crippen LogP contribution in [0.3, 0.4) is 0 Å². The summed E-state index contributed by atoms with van der Waals surface area (Å²) in [7, 11) is 0. The molecule has 0 bridgehead atoms. The van der Waals surface area contributed by atoms with E-state index in [1.807, 2.05) is 12.1 Å². The number of H-pyrrole nitrogens is 1. The molecule has 0 radical (unpaired) electrons. The molecule has 2 N–H and O–H groups in total. The third-order valence-corrected chi connectivity index (χ3v) is 6.62. The second kappa shape index (κ2) is 9.65. The maximum Gasteiger partial charge on any atom is 0.417 e. The zero-order chi connectivity index (χ0) is 20.9. The van der Waals surface area contributed by atoms with Crippen molar-refractivity contribution in [1.82, 2.24) is 10.3 Å². The number of fused-ring (bicyclic) bond motifs is 1. The Kier molecular flexibility index (Phi) is 6.73. The molecule has 1 aromatic heterocycles. The molecule has 0 amide bonds. The van der Waals surface area contributed by atoms with Crippen molar-refractivity contribution < 1.29 is 4.42 Å². The van der Waals surface area contributed by atoms with E-state index >= 15 is 0 Å². The number of benzene rings is 2. The minimum absolute atomic E-state index is 0.373. The lowest BCUT2D eigenvalue weighted by molar-refractivity contribution is 0.341. The zero-order valence-corrected chi connectivity index (χ0v) is 18.2. The van der Waals surface area contributed by atoms with E-state index in [2.05, 4.69) is 54.5 Å². The number of aryl methyl sites for hydroxylation is 1. The lowest BCUT2D eigenvalue weighted by Crippen LogP contribution is -2.33. The summed E-state index contributed by atoms with van der Waals surface area (Å²) in [6.45, 7) is 5.60. The molecule has 0 unspecified atom stereocenters. The first-order chi connectivity index (χ1) is 14.6. The van der Waals surface area contributed by atoms with E-state index in [4.69, 9.17) is 4.42 Å². The fourth-order valence-corrected chi connectivity index (χ4v) is 4.68. The summed E-state index contributed by atoms with van der Waals surface area (Å²) in [6.07, 6.45) is 8.47. The van der Waals surface area contributed by atoms with Crippen LogP contribution in [0.4, 0.5) is 0 Å². The topological polar surface area (TPSA) is 58.0 Å². The van der Waals surface area contributed by atoms with Crippen molar-refractivity contribution in [2.24, 2.45) is 0 Å². The summed E-state index contributed by atoms with van der Waals surface area (Å²) in [5, 5.41) is 3.77. The molecule has 4 nitrogen and oxygen atoms in total. The van der Waals surface area contributed by atoms with Gasteiger partial charge in [-0.15, -0.1) is 0 Å². The normalized spacial score (nSPS) is 19.6. The van der Waals surface area contributed by atoms with Crippen molar-refractivity contribution in [2.75, 3.05) is 6.54 Å². The van der Waals surface area contributed by atoms with Gasteiger partial charge < -0.3 is 9.73 Å². The summed E-state index contributed by atoms with van der Waals surface area (Å²) < 4.78 is 5.22. The highest BCUT2D eigenvalue weighted by molar-refractivity contribution is 5.72. The van der Waals surface area contributed by atoms with Crippen LogP contribution < -0.4 is 11.1 Å². The Hall–Kier alpha value is -2.33. The Morgan fingerprint density at radius 3 is 2.53 bits per heavy atom. The number of hydrogen-bond donors (Lipinski definition) is 2. The summed E-state index contributed by atoms with van der Waals surface area (Å²) in [4.78, 5) is 14.1. The Morgan fingerprint density at radius 2 is 1.80 bits per heavy atom. The van der Waals surface area contributed by atoms with Crippen LogP contribution in [0.15, 0.2) is 51.7 Å². The minimum atomic E-state index is -0.373. The van der Waals surface area contributed by atoms with Crippen LogP contribution in [0, 0.1) is 0 Å². The minimum Gasteiger partial charge on any atom is -0.408 e. The Bertz CT molecular complexity index is 992. The van der Waals surface area contributed by atoms with Crippen LogP contribution >= 0.6 is 0 Å². The Balaban J connectivity index is 1.15. The molecular formula is C26H34N2O2. The highest BCUT2D eigenvalue weighted by Crippen LogP contribution is 2.34. The summed E-state index contributed by atoms with van der Waals surface area (Å²) in [6, 6.07) is 15.9. The highest BCUT2D eigenvalue weighted by atomic mass is 16.4. The van der Waals surface area contributed by atoms with Gasteiger partial charge >= 0.3 is 5.76 Å². The number of rotatable bonds is 8. The second-order valence-electron chi connectivity index (χ2n) is 9.13. The average molecular weight is 407 g/mol. The van der Waals surface area contributed by atoms with E-state index in [1.165, 1.54) is 61.6 Å². The van der Waals surface area contributed by atoms with Gasteiger partial charge in [0.15, 0.2) is 5.58 Å². The van der Waals surface area contributed by atoms with E-state index in [-0.39, 0.29) is 5.76 Å². The van der Waals surface area contributed by atoms with Crippen LogP contribution in [-0.4, -0.2) is 17.6 Å². The van der Waals surface area contributed by atoms with Gasteiger partial charge in [-0.2, -0.15) is 0 Å². The molecule has 1 fully saturated rings. The summed E-state index contributed by atoms with van der Waals surface area (Å²) >= 11 is 0. The van der Waals surface area contributed by atoms with Crippen molar-refractivity contribution in [3.63, 3.8) is 0 Å². The molecule has 30 heavy (non-hydrogen) atoms. The smallest absolute Gasteiger partial charge is 0.408 e. The molecule has 1 saturated carbocycles. The maximum atomic E-state index is 11.4. The van der Waals surface area contributed by atoms with Gasteiger partial charge in [0.25, 0.3) is 0 Å². The van der Waals surface area contributed by atoms with E-state index in [9.17, 15) is 4.79 Å². The van der Waals surface area contributed by atoms with Gasteiger partial charge in [-0.1, -0.05) is 44.2 Å². The standard InChI is InChI=1S/C26H34N2O2/c1-18(2)20-8-6-19(7-9-20)5-3-4-16-27-23-13-10-21(11-14-23)22-12-15-24-25(17-22)30-26(29)28-24/h6-9,12,15,17-18,21,23,27H,3-5,10-11,13-14,16H2,1-2H3,(H,28,29). The van der Waals surface area contributed by atoms with Crippen molar-refractivity contribution in [1.29, 1.82) is 0 Å². The highest BCUT2D eigenvalue weighted by Gasteiger charge is 2.22. The van der Waals surface area contributed by atoms with E-state index in [0.717, 1.165) is 12.1 Å². The molecular weight excluding hydrogens is 372 g/mol. The van der Waals surface area contributed by atoms with Crippen LogP contribution in [-0.2, 0) is 6.42 Å². The van der Waals surface area contributed by atoms with Crippen molar-refractivity contribution in [2.45, 2.75) is 76.7 Å². The number of hydrogen-bond acceptors (Lipinski definition) is 3. The molecule has 1 aliphatic rings. The maximum absolute atomic E-state index is 11.4. The number of nitrogens with one attached hydrogen (secondary N) is 2. The van der Waals surface area contributed by atoms with Crippen LogP contribution in [0.25, 0.3) is 11.1 Å². The zero-order valence-electron chi connectivity index (χ0n) is 18.2. The average Bonchev–Trinajstić information content (AvgIpc) is 3.13. The lowest BCUT2D eigenvalue weighted by Gasteiger charge is -2.29. The molecule has 0 saturated heterocycles. The number of aromatic amines is 1. The van der Waals surface area contributed by atoms with Gasteiger partial charge in [0.2, 0.25) is 0 Å². The van der Waals surface area contributed by atoms with Crippen molar-refractivity contribution in [3.8, 4) is 0 Å². The van der Waals surface area contributed by atoms with Gasteiger partial charge in [0.05, 0.1) is 5.52 Å². The third-order valence-electron chi connectivity index (χ3n) is 6.62. The Morgan fingerprint density at radius 1 is 1.03 bits per heavy atom.